The van der Waals surface area contributed by atoms with Crippen molar-refractivity contribution < 1.29 is 27.6 Å². The zero-order chi connectivity index (χ0) is 25.3. The SMILES string of the molecule is NC(=O)c1cc(-c2cccnc2[C@H](Cc2cc(F)cc(F)c2)N2CC(=O)CC2C(N)=O)ccc1F. The average Bonchev–Trinajstić information content (AvgIpc) is 3.19. The summed E-state index contributed by atoms with van der Waals surface area (Å²) < 4.78 is 42.0. The Balaban J connectivity index is 1.87. The van der Waals surface area contributed by atoms with Crippen LogP contribution >= 0.6 is 0 Å². The van der Waals surface area contributed by atoms with Gasteiger partial charge in [-0.3, -0.25) is 24.3 Å². The van der Waals surface area contributed by atoms with Gasteiger partial charge in [0.05, 0.1) is 29.9 Å². The molecule has 1 aliphatic rings. The van der Waals surface area contributed by atoms with Gasteiger partial charge in [0.1, 0.15) is 23.2 Å². The van der Waals surface area contributed by atoms with E-state index in [2.05, 4.69) is 4.98 Å². The zero-order valence-electron chi connectivity index (χ0n) is 18.4. The quantitative estimate of drug-likeness (QED) is 0.537. The van der Waals surface area contributed by atoms with E-state index in [9.17, 15) is 27.6 Å². The third-order valence-corrected chi connectivity index (χ3v) is 5.96. The maximum Gasteiger partial charge on any atom is 0.251 e. The number of halogens is 3. The summed E-state index contributed by atoms with van der Waals surface area (Å²) in [6, 6.07) is 8.36. The van der Waals surface area contributed by atoms with Gasteiger partial charge in [-0.05, 0) is 47.9 Å². The maximum atomic E-state index is 14.1. The molecule has 1 fully saturated rings. The van der Waals surface area contributed by atoms with Crippen LogP contribution in [0, 0.1) is 17.5 Å². The standard InChI is InChI=1S/C25H21F3N4O3/c26-15-6-13(7-16(27)10-15)8-21(32-12-17(33)11-22(32)25(30)35)23-18(2-1-5-31-23)14-3-4-20(28)19(9-14)24(29)34/h1-7,9-10,21-22H,8,11-12H2,(H2,29,34)(H2,30,35)/t21-,22?/m0/s1. The minimum absolute atomic E-state index is 0.0143. The van der Waals surface area contributed by atoms with E-state index in [4.69, 9.17) is 11.5 Å². The number of carbonyl (C=O) groups excluding carboxylic acids is 3. The summed E-state index contributed by atoms with van der Waals surface area (Å²) in [6.45, 7) is -0.123. The molecule has 10 heteroatoms. The van der Waals surface area contributed by atoms with E-state index in [1.807, 2.05) is 0 Å². The molecule has 4 rings (SSSR count). The number of rotatable bonds is 7. The largest absolute Gasteiger partial charge is 0.368 e. The van der Waals surface area contributed by atoms with Crippen molar-refractivity contribution in [1.82, 2.24) is 9.88 Å². The van der Waals surface area contributed by atoms with Crippen molar-refractivity contribution in [2.45, 2.75) is 24.9 Å². The number of benzene rings is 2. The molecule has 1 aliphatic heterocycles. The Morgan fingerprint density at radius 2 is 1.77 bits per heavy atom. The molecule has 2 atom stereocenters. The van der Waals surface area contributed by atoms with Crippen molar-refractivity contribution in [2.75, 3.05) is 6.54 Å². The highest BCUT2D eigenvalue weighted by atomic mass is 19.1. The van der Waals surface area contributed by atoms with Crippen LogP contribution in [0.5, 0.6) is 0 Å². The van der Waals surface area contributed by atoms with Gasteiger partial charge >= 0.3 is 0 Å². The number of nitrogens with two attached hydrogens (primary N) is 2. The Kier molecular flexibility index (Phi) is 6.65. The van der Waals surface area contributed by atoms with Gasteiger partial charge in [-0.1, -0.05) is 12.1 Å². The summed E-state index contributed by atoms with van der Waals surface area (Å²) >= 11 is 0. The Hall–Kier alpha value is -4.05. The van der Waals surface area contributed by atoms with E-state index in [1.165, 1.54) is 18.3 Å². The lowest BCUT2D eigenvalue weighted by atomic mass is 9.93. The van der Waals surface area contributed by atoms with Crippen LogP contribution in [0.25, 0.3) is 11.1 Å². The second kappa shape index (κ2) is 9.67. The fourth-order valence-corrected chi connectivity index (χ4v) is 4.43. The smallest absolute Gasteiger partial charge is 0.251 e. The molecule has 1 aromatic heterocycles. The van der Waals surface area contributed by atoms with Gasteiger partial charge in [-0.15, -0.1) is 0 Å². The Labute approximate surface area is 198 Å². The lowest BCUT2D eigenvalue weighted by molar-refractivity contribution is -0.123. The lowest BCUT2D eigenvalue weighted by Gasteiger charge is -2.32. The van der Waals surface area contributed by atoms with E-state index in [0.29, 0.717) is 16.8 Å². The van der Waals surface area contributed by atoms with Gasteiger partial charge < -0.3 is 11.5 Å². The van der Waals surface area contributed by atoms with Crippen molar-refractivity contribution >= 4 is 17.6 Å². The minimum Gasteiger partial charge on any atom is -0.368 e. The summed E-state index contributed by atoms with van der Waals surface area (Å²) in [6.07, 6.45) is 1.36. The molecule has 2 amide bonds. The number of primary amides is 2. The number of nitrogens with zero attached hydrogens (tertiary/aromatic N) is 2. The molecular weight excluding hydrogens is 461 g/mol. The van der Waals surface area contributed by atoms with Gasteiger partial charge in [0.15, 0.2) is 0 Å². The average molecular weight is 482 g/mol. The van der Waals surface area contributed by atoms with E-state index in [-0.39, 0.29) is 36.3 Å². The molecule has 1 unspecified atom stereocenters. The van der Waals surface area contributed by atoms with E-state index < -0.39 is 41.3 Å². The van der Waals surface area contributed by atoms with Gasteiger partial charge in [0, 0.05) is 24.2 Å². The van der Waals surface area contributed by atoms with Gasteiger partial charge in [0.25, 0.3) is 5.91 Å². The molecule has 3 aromatic rings. The van der Waals surface area contributed by atoms with Crippen LogP contribution in [0.15, 0.2) is 54.7 Å². The topological polar surface area (TPSA) is 119 Å². The number of likely N-dealkylation sites (tertiary alicyclic amines) is 1. The Morgan fingerprint density at radius 1 is 1.06 bits per heavy atom. The fourth-order valence-electron chi connectivity index (χ4n) is 4.43. The van der Waals surface area contributed by atoms with Crippen LogP contribution < -0.4 is 11.5 Å². The normalized spacial score (nSPS) is 16.9. The van der Waals surface area contributed by atoms with Crippen LogP contribution in [0.1, 0.15) is 34.1 Å². The second-order valence-corrected chi connectivity index (χ2v) is 8.33. The summed E-state index contributed by atoms with van der Waals surface area (Å²) in [5, 5.41) is 0. The number of ketones is 1. The summed E-state index contributed by atoms with van der Waals surface area (Å²) in [5.74, 6) is -4.26. The highest BCUT2D eigenvalue weighted by Gasteiger charge is 2.40. The van der Waals surface area contributed by atoms with Crippen molar-refractivity contribution in [3.8, 4) is 11.1 Å². The molecule has 4 N–H and O–H groups in total. The lowest BCUT2D eigenvalue weighted by Crippen LogP contribution is -2.43. The highest BCUT2D eigenvalue weighted by molar-refractivity contribution is 5.95. The van der Waals surface area contributed by atoms with Crippen LogP contribution in [0.4, 0.5) is 13.2 Å². The van der Waals surface area contributed by atoms with Gasteiger partial charge in [-0.25, -0.2) is 13.2 Å². The molecule has 1 saturated heterocycles. The monoisotopic (exact) mass is 482 g/mol. The van der Waals surface area contributed by atoms with Crippen LogP contribution in [-0.2, 0) is 16.0 Å². The van der Waals surface area contributed by atoms with E-state index in [1.54, 1.807) is 17.0 Å². The molecule has 7 nitrogen and oxygen atoms in total. The number of amides is 2. The molecule has 0 radical (unpaired) electrons. The summed E-state index contributed by atoms with van der Waals surface area (Å²) in [4.78, 5) is 42.2. The molecule has 2 aromatic carbocycles. The Morgan fingerprint density at radius 3 is 2.43 bits per heavy atom. The third-order valence-electron chi connectivity index (χ3n) is 5.96. The predicted molar refractivity (Wildman–Crippen MR) is 120 cm³/mol. The first-order valence-corrected chi connectivity index (χ1v) is 10.7. The maximum absolute atomic E-state index is 14.1. The third kappa shape index (κ3) is 5.07. The predicted octanol–water partition coefficient (Wildman–Crippen LogP) is 2.68. The number of aromatic nitrogens is 1. The fraction of sp³-hybridized carbons (Fsp3) is 0.200. The molecule has 0 spiro atoms. The van der Waals surface area contributed by atoms with E-state index in [0.717, 1.165) is 24.3 Å². The zero-order valence-corrected chi connectivity index (χ0v) is 18.4. The Bertz CT molecular complexity index is 1310. The first kappa shape index (κ1) is 24.1. The minimum atomic E-state index is -0.958. The van der Waals surface area contributed by atoms with Crippen LogP contribution in [-0.4, -0.2) is 40.1 Å². The van der Waals surface area contributed by atoms with Gasteiger partial charge in [0.2, 0.25) is 5.91 Å². The molecule has 0 bridgehead atoms. The van der Waals surface area contributed by atoms with Crippen LogP contribution in [0.3, 0.4) is 0 Å². The first-order chi connectivity index (χ1) is 16.6. The second-order valence-electron chi connectivity index (χ2n) is 8.33. The molecular formula is C25H21F3N4O3. The summed E-state index contributed by atoms with van der Waals surface area (Å²) in [7, 11) is 0. The molecule has 35 heavy (non-hydrogen) atoms. The van der Waals surface area contributed by atoms with Crippen molar-refractivity contribution in [2.24, 2.45) is 11.5 Å². The molecule has 180 valence electrons. The number of carbonyl (C=O) groups is 3. The summed E-state index contributed by atoms with van der Waals surface area (Å²) in [5.41, 5.74) is 12.0. The van der Waals surface area contributed by atoms with Crippen molar-refractivity contribution in [1.29, 1.82) is 0 Å². The van der Waals surface area contributed by atoms with Crippen molar-refractivity contribution in [3.05, 3.63) is 89.0 Å². The first-order valence-electron chi connectivity index (χ1n) is 10.7. The number of hydrogen-bond donors (Lipinski definition) is 2. The number of pyridine rings is 1. The van der Waals surface area contributed by atoms with E-state index >= 15 is 0 Å². The number of hydrogen-bond acceptors (Lipinski definition) is 5. The van der Waals surface area contributed by atoms with Crippen molar-refractivity contribution in [3.63, 3.8) is 0 Å². The molecule has 0 aliphatic carbocycles. The van der Waals surface area contributed by atoms with Crippen LogP contribution in [0.2, 0.25) is 0 Å². The molecule has 2 heterocycles. The number of Topliss-reactive ketones (excluding diaryl/α,β-unsaturated/α-hetero) is 1. The van der Waals surface area contributed by atoms with Gasteiger partial charge in [-0.2, -0.15) is 0 Å². The molecule has 0 saturated carbocycles. The highest BCUT2D eigenvalue weighted by Crippen LogP contribution is 2.36.